The lowest BCUT2D eigenvalue weighted by atomic mass is 9.94. The van der Waals surface area contributed by atoms with Gasteiger partial charge >= 0.3 is 0 Å². The van der Waals surface area contributed by atoms with Crippen molar-refractivity contribution in [2.24, 2.45) is 7.05 Å². The molecule has 0 radical (unpaired) electrons. The van der Waals surface area contributed by atoms with Crippen LogP contribution in [0.3, 0.4) is 0 Å². The molecule has 1 fully saturated rings. The van der Waals surface area contributed by atoms with Crippen LogP contribution in [0.25, 0.3) is 11.0 Å². The van der Waals surface area contributed by atoms with Crippen molar-refractivity contribution < 1.29 is 4.79 Å². The topological polar surface area (TPSA) is 71.0 Å². The van der Waals surface area contributed by atoms with E-state index in [9.17, 15) is 9.59 Å². The summed E-state index contributed by atoms with van der Waals surface area (Å²) in [5, 5.41) is 0.580. The van der Waals surface area contributed by atoms with E-state index >= 15 is 0 Å². The van der Waals surface area contributed by atoms with E-state index < -0.39 is 0 Å². The molecule has 0 aliphatic heterocycles. The van der Waals surface area contributed by atoms with Gasteiger partial charge in [-0.1, -0.05) is 31.0 Å². The SMILES string of the molecule is Cc1cc2nc(SCC(=O)N(C)C3CCCCC3)n(C)c(=O)c2[nH]1. The molecule has 0 unspecified atom stereocenters. The fourth-order valence-electron chi connectivity index (χ4n) is 3.29. The standard InChI is InChI=1S/C17H24N4O2S/c1-11-9-13-15(18-11)16(23)21(3)17(19-13)24-10-14(22)20(2)12-7-5-4-6-8-12/h9,12,18H,4-8,10H2,1-3H3. The molecule has 1 saturated carbocycles. The second-order valence-electron chi connectivity index (χ2n) is 6.56. The number of carbonyl (C=O) groups excluding carboxylic acids is 1. The summed E-state index contributed by atoms with van der Waals surface area (Å²) in [5.74, 6) is 0.411. The van der Waals surface area contributed by atoms with E-state index in [0.717, 1.165) is 18.5 Å². The molecule has 1 N–H and O–H groups in total. The maximum atomic E-state index is 12.5. The zero-order valence-electron chi connectivity index (χ0n) is 14.5. The summed E-state index contributed by atoms with van der Waals surface area (Å²) >= 11 is 1.33. The Kier molecular flexibility index (Phi) is 4.99. The maximum Gasteiger partial charge on any atom is 0.278 e. The first-order valence-electron chi connectivity index (χ1n) is 8.42. The van der Waals surface area contributed by atoms with Crippen LogP contribution in [0.5, 0.6) is 0 Å². The van der Waals surface area contributed by atoms with E-state index in [4.69, 9.17) is 0 Å². The van der Waals surface area contributed by atoms with Crippen LogP contribution in [0.4, 0.5) is 0 Å². The van der Waals surface area contributed by atoms with Crippen molar-refractivity contribution in [3.05, 3.63) is 22.1 Å². The number of amides is 1. The molecule has 1 aliphatic rings. The maximum absolute atomic E-state index is 12.5. The molecule has 0 atom stereocenters. The predicted molar refractivity (Wildman–Crippen MR) is 96.4 cm³/mol. The number of hydrogen-bond acceptors (Lipinski definition) is 4. The smallest absolute Gasteiger partial charge is 0.278 e. The van der Waals surface area contributed by atoms with E-state index in [-0.39, 0.29) is 11.5 Å². The summed E-state index contributed by atoms with van der Waals surface area (Å²) in [7, 11) is 3.59. The van der Waals surface area contributed by atoms with Gasteiger partial charge in [-0.2, -0.15) is 0 Å². The number of hydrogen-bond donors (Lipinski definition) is 1. The van der Waals surface area contributed by atoms with Crippen molar-refractivity contribution in [2.45, 2.75) is 50.2 Å². The Hall–Kier alpha value is -1.76. The number of carbonyl (C=O) groups is 1. The summed E-state index contributed by atoms with van der Waals surface area (Å²) in [5.41, 5.74) is 1.98. The van der Waals surface area contributed by atoms with Crippen LogP contribution in [0.2, 0.25) is 0 Å². The first-order valence-corrected chi connectivity index (χ1v) is 9.40. The number of aromatic amines is 1. The first kappa shape index (κ1) is 17.1. The van der Waals surface area contributed by atoms with Crippen molar-refractivity contribution in [3.63, 3.8) is 0 Å². The molecule has 1 amide bonds. The van der Waals surface area contributed by atoms with E-state index in [0.29, 0.717) is 28.0 Å². The Labute approximate surface area is 145 Å². The Balaban J connectivity index is 1.72. The molecule has 2 heterocycles. The molecule has 3 rings (SSSR count). The van der Waals surface area contributed by atoms with Crippen molar-refractivity contribution in [1.29, 1.82) is 0 Å². The Morgan fingerprint density at radius 3 is 2.83 bits per heavy atom. The van der Waals surface area contributed by atoms with Gasteiger partial charge < -0.3 is 9.88 Å². The van der Waals surface area contributed by atoms with Crippen molar-refractivity contribution >= 4 is 28.7 Å². The molecule has 0 spiro atoms. The van der Waals surface area contributed by atoms with Gasteiger partial charge in [0.25, 0.3) is 5.56 Å². The van der Waals surface area contributed by atoms with Crippen LogP contribution in [0, 0.1) is 6.92 Å². The summed E-state index contributed by atoms with van der Waals surface area (Å²) < 4.78 is 1.51. The highest BCUT2D eigenvalue weighted by atomic mass is 32.2. The quantitative estimate of drug-likeness (QED) is 0.680. The summed E-state index contributed by atoms with van der Waals surface area (Å²) in [6.07, 6.45) is 5.87. The Bertz CT molecular complexity index is 805. The molecule has 2 aromatic rings. The minimum atomic E-state index is -0.108. The van der Waals surface area contributed by atoms with Gasteiger partial charge in [-0.05, 0) is 25.8 Å². The van der Waals surface area contributed by atoms with Gasteiger partial charge in [0.05, 0.1) is 11.3 Å². The Morgan fingerprint density at radius 1 is 1.42 bits per heavy atom. The monoisotopic (exact) mass is 348 g/mol. The normalized spacial score (nSPS) is 15.8. The average molecular weight is 348 g/mol. The van der Waals surface area contributed by atoms with Crippen LogP contribution in [0.15, 0.2) is 16.0 Å². The van der Waals surface area contributed by atoms with Gasteiger partial charge in [-0.3, -0.25) is 14.2 Å². The number of aromatic nitrogens is 3. The minimum Gasteiger partial charge on any atom is -0.353 e. The lowest BCUT2D eigenvalue weighted by Gasteiger charge is -2.31. The average Bonchev–Trinajstić information content (AvgIpc) is 2.97. The highest BCUT2D eigenvalue weighted by Gasteiger charge is 2.22. The lowest BCUT2D eigenvalue weighted by Crippen LogP contribution is -2.39. The van der Waals surface area contributed by atoms with Gasteiger partial charge in [0, 0.05) is 25.8 Å². The van der Waals surface area contributed by atoms with E-state index in [1.165, 1.54) is 35.6 Å². The zero-order chi connectivity index (χ0) is 17.3. The van der Waals surface area contributed by atoms with Crippen molar-refractivity contribution in [3.8, 4) is 0 Å². The van der Waals surface area contributed by atoms with Crippen molar-refractivity contribution in [1.82, 2.24) is 19.4 Å². The van der Waals surface area contributed by atoms with E-state index in [1.54, 1.807) is 7.05 Å². The van der Waals surface area contributed by atoms with E-state index in [2.05, 4.69) is 9.97 Å². The molecule has 24 heavy (non-hydrogen) atoms. The van der Waals surface area contributed by atoms with Gasteiger partial charge in [0.15, 0.2) is 5.16 Å². The van der Waals surface area contributed by atoms with Crippen LogP contribution in [-0.2, 0) is 11.8 Å². The van der Waals surface area contributed by atoms with Crippen molar-refractivity contribution in [2.75, 3.05) is 12.8 Å². The summed E-state index contributed by atoms with van der Waals surface area (Å²) in [6.45, 7) is 1.90. The van der Waals surface area contributed by atoms with Crippen LogP contribution >= 0.6 is 11.8 Å². The molecule has 1 aliphatic carbocycles. The molecule has 130 valence electrons. The zero-order valence-corrected chi connectivity index (χ0v) is 15.3. The third-order valence-electron chi connectivity index (χ3n) is 4.79. The van der Waals surface area contributed by atoms with Crippen LogP contribution in [-0.4, -0.2) is 44.2 Å². The number of thioether (sulfide) groups is 1. The predicted octanol–water partition coefficient (Wildman–Crippen LogP) is 2.45. The molecule has 2 aromatic heterocycles. The van der Waals surface area contributed by atoms with E-state index in [1.807, 2.05) is 24.9 Å². The fourth-order valence-corrected chi connectivity index (χ4v) is 4.18. The second-order valence-corrected chi connectivity index (χ2v) is 7.50. The van der Waals surface area contributed by atoms with Gasteiger partial charge in [0.2, 0.25) is 5.91 Å². The molecular formula is C17H24N4O2S. The Morgan fingerprint density at radius 2 is 2.12 bits per heavy atom. The number of fused-ring (bicyclic) bond motifs is 1. The van der Waals surface area contributed by atoms with Gasteiger partial charge in [-0.15, -0.1) is 0 Å². The minimum absolute atomic E-state index is 0.103. The summed E-state index contributed by atoms with van der Waals surface area (Å²) in [6, 6.07) is 2.22. The molecule has 0 saturated heterocycles. The second kappa shape index (κ2) is 7.01. The number of nitrogens with one attached hydrogen (secondary N) is 1. The van der Waals surface area contributed by atoms with Crippen LogP contribution in [0.1, 0.15) is 37.8 Å². The number of H-pyrrole nitrogens is 1. The first-order chi connectivity index (χ1) is 11.5. The number of rotatable bonds is 4. The summed E-state index contributed by atoms with van der Waals surface area (Å²) in [4.78, 5) is 34.3. The molecule has 0 bridgehead atoms. The van der Waals surface area contributed by atoms with Gasteiger partial charge in [-0.25, -0.2) is 4.98 Å². The molecule has 0 aromatic carbocycles. The van der Waals surface area contributed by atoms with Gasteiger partial charge in [0.1, 0.15) is 5.52 Å². The highest BCUT2D eigenvalue weighted by molar-refractivity contribution is 7.99. The molecular weight excluding hydrogens is 324 g/mol. The third-order valence-corrected chi connectivity index (χ3v) is 5.81. The lowest BCUT2D eigenvalue weighted by molar-refractivity contribution is -0.129. The number of nitrogens with zero attached hydrogens (tertiary/aromatic N) is 3. The molecule has 7 heteroatoms. The fraction of sp³-hybridized carbons (Fsp3) is 0.588. The third kappa shape index (κ3) is 3.36. The molecule has 6 nitrogen and oxygen atoms in total. The highest BCUT2D eigenvalue weighted by Crippen LogP contribution is 2.23. The largest absolute Gasteiger partial charge is 0.353 e. The van der Waals surface area contributed by atoms with Crippen LogP contribution < -0.4 is 5.56 Å². The number of aryl methyl sites for hydroxylation is 1.